The van der Waals surface area contributed by atoms with E-state index in [-0.39, 0.29) is 17.0 Å². The van der Waals surface area contributed by atoms with Gasteiger partial charge in [-0.1, -0.05) is 19.1 Å². The van der Waals surface area contributed by atoms with Crippen LogP contribution in [-0.4, -0.2) is 32.9 Å². The highest BCUT2D eigenvalue weighted by Crippen LogP contribution is 2.24. The normalized spacial score (nSPS) is 11.9. The molecule has 1 N–H and O–H groups in total. The molecule has 1 aromatic rings. The van der Waals surface area contributed by atoms with Gasteiger partial charge in [-0.25, -0.2) is 12.8 Å². The molecule has 0 aliphatic heterocycles. The van der Waals surface area contributed by atoms with Crippen LogP contribution in [0.15, 0.2) is 29.2 Å². The highest BCUT2D eigenvalue weighted by Gasteiger charge is 2.26. The molecule has 0 atom stereocenters. The molecule has 0 heterocycles. The summed E-state index contributed by atoms with van der Waals surface area (Å²) >= 11 is 0. The lowest BCUT2D eigenvalue weighted by molar-refractivity contribution is 0.451. The minimum absolute atomic E-state index is 0.0239. The number of rotatable bonds is 7. The minimum Gasteiger partial charge on any atom is -0.316 e. The van der Waals surface area contributed by atoms with Crippen LogP contribution >= 0.6 is 0 Å². The largest absolute Gasteiger partial charge is 0.316 e. The van der Waals surface area contributed by atoms with Crippen LogP contribution in [0.3, 0.4) is 0 Å². The molecule has 0 saturated carbocycles. The molecule has 0 aromatic heterocycles. The van der Waals surface area contributed by atoms with Crippen molar-refractivity contribution in [2.75, 3.05) is 20.1 Å². The number of nitrogens with zero attached hydrogens (tertiary/aromatic N) is 1. The fourth-order valence-corrected chi connectivity index (χ4v) is 3.88. The van der Waals surface area contributed by atoms with Crippen molar-refractivity contribution >= 4 is 10.0 Å². The first kappa shape index (κ1) is 17.8. The molecule has 118 valence electrons. The van der Waals surface area contributed by atoms with Gasteiger partial charge < -0.3 is 5.32 Å². The van der Waals surface area contributed by atoms with Crippen LogP contribution in [0, 0.1) is 12.7 Å². The van der Waals surface area contributed by atoms with Crippen molar-refractivity contribution in [1.82, 2.24) is 9.62 Å². The van der Waals surface area contributed by atoms with Crippen molar-refractivity contribution in [2.45, 2.75) is 32.2 Å². The van der Waals surface area contributed by atoms with Crippen LogP contribution in [0.5, 0.6) is 0 Å². The topological polar surface area (TPSA) is 49.4 Å². The first-order valence-electron chi connectivity index (χ1n) is 6.82. The van der Waals surface area contributed by atoms with Crippen molar-refractivity contribution in [3.8, 4) is 0 Å². The molecule has 0 unspecified atom stereocenters. The van der Waals surface area contributed by atoms with Gasteiger partial charge in [0.15, 0.2) is 0 Å². The van der Waals surface area contributed by atoms with E-state index in [1.54, 1.807) is 20.9 Å². The van der Waals surface area contributed by atoms with E-state index in [0.29, 0.717) is 18.7 Å². The molecular formula is C15H23FN2O2S. The van der Waals surface area contributed by atoms with Gasteiger partial charge in [0.1, 0.15) is 5.82 Å². The smallest absolute Gasteiger partial charge is 0.243 e. The molecule has 6 heteroatoms. The van der Waals surface area contributed by atoms with Crippen molar-refractivity contribution in [3.05, 3.63) is 41.2 Å². The zero-order valence-electron chi connectivity index (χ0n) is 13.0. The van der Waals surface area contributed by atoms with Crippen LogP contribution in [0.2, 0.25) is 0 Å². The van der Waals surface area contributed by atoms with Gasteiger partial charge in [-0.2, -0.15) is 4.31 Å². The summed E-state index contributed by atoms with van der Waals surface area (Å²) in [6.45, 7) is 9.71. The highest BCUT2D eigenvalue weighted by molar-refractivity contribution is 7.89. The second-order valence-corrected chi connectivity index (χ2v) is 7.03. The Bertz CT molecular complexity index is 627. The summed E-state index contributed by atoms with van der Waals surface area (Å²) in [7, 11) is -2.01. The molecule has 0 aliphatic rings. The lowest BCUT2D eigenvalue weighted by Crippen LogP contribution is -2.33. The van der Waals surface area contributed by atoms with Gasteiger partial charge >= 0.3 is 0 Å². The summed E-state index contributed by atoms with van der Waals surface area (Å²) in [6, 6.07) is 2.89. The van der Waals surface area contributed by atoms with Gasteiger partial charge in [-0.15, -0.1) is 0 Å². The number of sulfonamides is 1. The molecule has 1 rings (SSSR count). The highest BCUT2D eigenvalue weighted by atomic mass is 32.2. The van der Waals surface area contributed by atoms with Crippen LogP contribution in [0.1, 0.15) is 25.0 Å². The van der Waals surface area contributed by atoms with E-state index >= 15 is 0 Å². The molecular weight excluding hydrogens is 291 g/mol. The number of halogens is 1. The lowest BCUT2D eigenvalue weighted by atomic mass is 10.1. The van der Waals surface area contributed by atoms with Crippen LogP contribution in [0.25, 0.3) is 0 Å². The number of hydrogen-bond acceptors (Lipinski definition) is 3. The average Bonchev–Trinajstić information content (AvgIpc) is 2.39. The maximum absolute atomic E-state index is 14.0. The van der Waals surface area contributed by atoms with Gasteiger partial charge in [0.05, 0.1) is 4.90 Å². The monoisotopic (exact) mass is 314 g/mol. The summed E-state index contributed by atoms with van der Waals surface area (Å²) in [6.07, 6.45) is 0. The standard InChI is InChI=1S/C15H23FN2O2S/c1-6-18(10-11(2)3)21(19,20)15-8-13(9-17-5)7-14(16)12(15)4/h7-8,17H,2,6,9-10H2,1,3-5H3. The van der Waals surface area contributed by atoms with Crippen LogP contribution in [0.4, 0.5) is 4.39 Å². The Kier molecular flexibility index (Phi) is 6.07. The van der Waals surface area contributed by atoms with Crippen molar-refractivity contribution in [2.24, 2.45) is 0 Å². The third-order valence-electron chi connectivity index (χ3n) is 3.15. The van der Waals surface area contributed by atoms with Gasteiger partial charge in [0.25, 0.3) is 0 Å². The Labute approximate surface area is 126 Å². The Balaban J connectivity index is 3.38. The SMILES string of the molecule is C=C(C)CN(CC)S(=O)(=O)c1cc(CNC)cc(F)c1C. The zero-order chi connectivity index (χ0) is 16.2. The van der Waals surface area contributed by atoms with E-state index in [9.17, 15) is 12.8 Å². The number of likely N-dealkylation sites (N-methyl/N-ethyl adjacent to an activating group) is 1. The fraction of sp³-hybridized carbons (Fsp3) is 0.467. The summed E-state index contributed by atoms with van der Waals surface area (Å²) < 4.78 is 40.8. The van der Waals surface area contributed by atoms with Gasteiger partial charge in [-0.3, -0.25) is 0 Å². The zero-order valence-corrected chi connectivity index (χ0v) is 13.8. The fourth-order valence-electron chi connectivity index (χ4n) is 2.09. The Morgan fingerprint density at radius 2 is 2.05 bits per heavy atom. The summed E-state index contributed by atoms with van der Waals surface area (Å²) in [5, 5.41) is 2.90. The van der Waals surface area contributed by atoms with E-state index in [2.05, 4.69) is 11.9 Å². The first-order valence-corrected chi connectivity index (χ1v) is 8.26. The lowest BCUT2D eigenvalue weighted by Gasteiger charge is -2.22. The molecule has 0 spiro atoms. The predicted octanol–water partition coefficient (Wildman–Crippen LogP) is 2.44. The van der Waals surface area contributed by atoms with Crippen molar-refractivity contribution in [3.63, 3.8) is 0 Å². The van der Waals surface area contributed by atoms with Crippen molar-refractivity contribution < 1.29 is 12.8 Å². The van der Waals surface area contributed by atoms with Crippen LogP contribution < -0.4 is 5.32 Å². The molecule has 0 amide bonds. The number of benzene rings is 1. The van der Waals surface area contributed by atoms with Gasteiger partial charge in [0.2, 0.25) is 10.0 Å². The molecule has 0 aliphatic carbocycles. The predicted molar refractivity (Wildman–Crippen MR) is 83.1 cm³/mol. The third-order valence-corrected chi connectivity index (χ3v) is 5.20. The molecule has 21 heavy (non-hydrogen) atoms. The summed E-state index contributed by atoms with van der Waals surface area (Å²) in [5.41, 5.74) is 1.49. The molecule has 0 bridgehead atoms. The van der Waals surface area contributed by atoms with Crippen LogP contribution in [-0.2, 0) is 16.6 Å². The number of nitrogens with one attached hydrogen (secondary N) is 1. The second-order valence-electron chi connectivity index (χ2n) is 5.12. The third kappa shape index (κ3) is 4.12. The Morgan fingerprint density at radius 3 is 2.52 bits per heavy atom. The molecule has 0 radical (unpaired) electrons. The van der Waals surface area contributed by atoms with Gasteiger partial charge in [-0.05, 0) is 38.6 Å². The first-order chi connectivity index (χ1) is 9.73. The van der Waals surface area contributed by atoms with E-state index in [0.717, 1.165) is 5.57 Å². The molecule has 0 saturated heterocycles. The summed E-state index contributed by atoms with van der Waals surface area (Å²) in [5.74, 6) is -0.507. The number of hydrogen-bond donors (Lipinski definition) is 1. The maximum atomic E-state index is 14.0. The van der Waals surface area contributed by atoms with E-state index < -0.39 is 15.8 Å². The average molecular weight is 314 g/mol. The van der Waals surface area contributed by atoms with E-state index in [4.69, 9.17) is 0 Å². The van der Waals surface area contributed by atoms with E-state index in [1.807, 2.05) is 0 Å². The van der Waals surface area contributed by atoms with Crippen molar-refractivity contribution in [1.29, 1.82) is 0 Å². The quantitative estimate of drug-likeness (QED) is 0.787. The second kappa shape index (κ2) is 7.15. The van der Waals surface area contributed by atoms with E-state index in [1.165, 1.54) is 23.4 Å². The minimum atomic E-state index is -3.74. The molecule has 4 nitrogen and oxygen atoms in total. The Hall–Kier alpha value is -1.24. The van der Waals surface area contributed by atoms with Gasteiger partial charge in [0, 0.05) is 25.2 Å². The summed E-state index contributed by atoms with van der Waals surface area (Å²) in [4.78, 5) is 0.0239. The molecule has 0 fully saturated rings. The molecule has 1 aromatic carbocycles. The maximum Gasteiger partial charge on any atom is 0.243 e. The Morgan fingerprint density at radius 1 is 1.43 bits per heavy atom.